The van der Waals surface area contributed by atoms with Crippen molar-refractivity contribution in [1.82, 2.24) is 19.9 Å². The minimum absolute atomic E-state index is 0.00766. The molecule has 1 fully saturated rings. The molecule has 3 rings (SSSR count). The van der Waals surface area contributed by atoms with E-state index in [-0.39, 0.29) is 28.3 Å². The average Bonchev–Trinajstić information content (AvgIpc) is 2.75. The van der Waals surface area contributed by atoms with Gasteiger partial charge in [-0.25, -0.2) is 4.98 Å². The molecule has 3 N–H and O–H groups in total. The molecule has 160 valence electrons. The van der Waals surface area contributed by atoms with Gasteiger partial charge < -0.3 is 20.7 Å². The smallest absolute Gasteiger partial charge is 0.223 e. The van der Waals surface area contributed by atoms with Crippen LogP contribution < -0.4 is 15.8 Å². The Morgan fingerprint density at radius 2 is 2.13 bits per heavy atom. The van der Waals surface area contributed by atoms with E-state index in [1.54, 1.807) is 25.4 Å². The van der Waals surface area contributed by atoms with E-state index in [0.29, 0.717) is 12.3 Å². The van der Waals surface area contributed by atoms with E-state index >= 15 is 0 Å². The Balaban J connectivity index is 1.66. The fraction of sp³-hybridized carbons (Fsp3) is 0.429. The van der Waals surface area contributed by atoms with Gasteiger partial charge in [-0.3, -0.25) is 9.78 Å². The van der Waals surface area contributed by atoms with Gasteiger partial charge in [0, 0.05) is 18.8 Å². The van der Waals surface area contributed by atoms with Gasteiger partial charge in [0.25, 0.3) is 0 Å². The van der Waals surface area contributed by atoms with E-state index in [4.69, 9.17) is 22.1 Å². The molecule has 2 aromatic heterocycles. The lowest BCUT2D eigenvalue weighted by atomic mass is 10.1. The first kappa shape index (κ1) is 22.0. The van der Waals surface area contributed by atoms with Crippen molar-refractivity contribution < 1.29 is 9.53 Å². The fourth-order valence-electron chi connectivity index (χ4n) is 3.36. The van der Waals surface area contributed by atoms with Crippen LogP contribution in [-0.4, -0.2) is 52.4 Å². The summed E-state index contributed by atoms with van der Waals surface area (Å²) >= 11 is 6.22. The number of allylic oxidation sites excluding steroid dienone is 1. The van der Waals surface area contributed by atoms with Gasteiger partial charge >= 0.3 is 0 Å². The summed E-state index contributed by atoms with van der Waals surface area (Å²) in [7, 11) is 1.59. The number of nitrogens with zero attached hydrogens (tertiary/aromatic N) is 4. The van der Waals surface area contributed by atoms with Gasteiger partial charge in [-0.15, -0.1) is 0 Å². The lowest BCUT2D eigenvalue weighted by molar-refractivity contribution is 0.104. The van der Waals surface area contributed by atoms with Crippen molar-refractivity contribution in [3.8, 4) is 5.75 Å². The second-order valence-electron chi connectivity index (χ2n) is 7.09. The molecular formula is C21H27ClN6O2. The highest BCUT2D eigenvalue weighted by Crippen LogP contribution is 2.24. The maximum atomic E-state index is 12.8. The summed E-state index contributed by atoms with van der Waals surface area (Å²) in [5.41, 5.74) is 6.65. The van der Waals surface area contributed by atoms with Crippen LogP contribution in [0.2, 0.25) is 5.15 Å². The number of anilines is 2. The molecule has 0 saturated carbocycles. The maximum absolute atomic E-state index is 12.8. The summed E-state index contributed by atoms with van der Waals surface area (Å²) in [5, 5.41) is 3.11. The molecule has 30 heavy (non-hydrogen) atoms. The van der Waals surface area contributed by atoms with E-state index in [2.05, 4.69) is 25.2 Å². The molecule has 1 aliphatic heterocycles. The van der Waals surface area contributed by atoms with E-state index in [1.165, 1.54) is 25.3 Å². The van der Waals surface area contributed by atoms with Crippen molar-refractivity contribution in [2.24, 2.45) is 0 Å². The Kier molecular flexibility index (Phi) is 7.98. The van der Waals surface area contributed by atoms with E-state index < -0.39 is 0 Å². The Labute approximate surface area is 181 Å². The zero-order chi connectivity index (χ0) is 21.3. The predicted octanol–water partition coefficient (Wildman–Crippen LogP) is 3.34. The van der Waals surface area contributed by atoms with Crippen LogP contribution in [-0.2, 0) is 6.54 Å². The van der Waals surface area contributed by atoms with Crippen molar-refractivity contribution >= 4 is 29.2 Å². The number of hydrogen-bond donors (Lipinski definition) is 2. The zero-order valence-electron chi connectivity index (χ0n) is 17.1. The van der Waals surface area contributed by atoms with Gasteiger partial charge in [0.1, 0.15) is 22.3 Å². The highest BCUT2D eigenvalue weighted by atomic mass is 35.5. The van der Waals surface area contributed by atoms with Gasteiger partial charge in [0.15, 0.2) is 5.78 Å². The molecule has 1 aliphatic rings. The lowest BCUT2D eigenvalue weighted by Gasteiger charge is -2.25. The number of hydrogen-bond acceptors (Lipinski definition) is 8. The average molecular weight is 431 g/mol. The Hall–Kier alpha value is -2.71. The Bertz CT molecular complexity index is 899. The van der Waals surface area contributed by atoms with E-state index in [9.17, 15) is 4.79 Å². The Morgan fingerprint density at radius 1 is 1.33 bits per heavy atom. The summed E-state index contributed by atoms with van der Waals surface area (Å²) in [6.07, 6.45) is 9.65. The number of nitrogens with two attached hydrogens (primary N) is 1. The number of piperidine rings is 1. The molecule has 0 spiro atoms. The van der Waals surface area contributed by atoms with Crippen molar-refractivity contribution in [3.63, 3.8) is 0 Å². The van der Waals surface area contributed by atoms with Crippen molar-refractivity contribution in [2.75, 3.05) is 37.8 Å². The zero-order valence-corrected chi connectivity index (χ0v) is 17.9. The van der Waals surface area contributed by atoms with Crippen LogP contribution in [0, 0.1) is 0 Å². The third kappa shape index (κ3) is 6.14. The third-order valence-electron chi connectivity index (χ3n) is 4.92. The van der Waals surface area contributed by atoms with Crippen molar-refractivity contribution in [1.29, 1.82) is 0 Å². The molecule has 3 heterocycles. The number of nitrogen functional groups attached to an aromatic ring is 1. The summed E-state index contributed by atoms with van der Waals surface area (Å²) in [6, 6.07) is 3.55. The van der Waals surface area contributed by atoms with Gasteiger partial charge in [-0.05, 0) is 44.5 Å². The molecule has 0 unspecified atom stereocenters. The van der Waals surface area contributed by atoms with Crippen LogP contribution in [0.1, 0.15) is 41.7 Å². The summed E-state index contributed by atoms with van der Waals surface area (Å²) < 4.78 is 5.20. The van der Waals surface area contributed by atoms with E-state index in [1.807, 2.05) is 6.08 Å². The van der Waals surface area contributed by atoms with Crippen molar-refractivity contribution in [3.05, 3.63) is 46.9 Å². The number of carbonyl (C=O) groups is 1. The largest absolute Gasteiger partial charge is 0.497 e. The second kappa shape index (κ2) is 10.9. The highest BCUT2D eigenvalue weighted by Gasteiger charge is 2.18. The van der Waals surface area contributed by atoms with E-state index in [0.717, 1.165) is 31.7 Å². The minimum Gasteiger partial charge on any atom is -0.497 e. The molecule has 8 nitrogen and oxygen atoms in total. The third-order valence-corrected chi connectivity index (χ3v) is 5.19. The molecular weight excluding hydrogens is 404 g/mol. The number of rotatable bonds is 9. The first-order valence-corrected chi connectivity index (χ1v) is 10.4. The molecule has 9 heteroatoms. The SMILES string of the molecule is COc1ccnc(CNc2nc(N)nc(Cl)c2C(=O)/C=C/CCN2CCCCC2)c1. The summed E-state index contributed by atoms with van der Waals surface area (Å²) in [6.45, 7) is 3.53. The number of carbonyl (C=O) groups excluding carboxylic acids is 1. The molecule has 0 atom stereocenters. The molecule has 0 aliphatic carbocycles. The number of pyridine rings is 1. The number of ether oxygens (including phenoxy) is 1. The molecule has 2 aromatic rings. The lowest BCUT2D eigenvalue weighted by Crippen LogP contribution is -2.30. The van der Waals surface area contributed by atoms with Crippen LogP contribution in [0.15, 0.2) is 30.5 Å². The van der Waals surface area contributed by atoms with Gasteiger partial charge in [0.05, 0.1) is 19.3 Å². The number of aromatic nitrogens is 3. The molecule has 0 amide bonds. The van der Waals surface area contributed by atoms with Crippen molar-refractivity contribution in [2.45, 2.75) is 32.2 Å². The fourth-order valence-corrected chi connectivity index (χ4v) is 3.63. The normalized spacial score (nSPS) is 14.7. The van der Waals surface area contributed by atoms with Gasteiger partial charge in [-0.1, -0.05) is 24.1 Å². The predicted molar refractivity (Wildman–Crippen MR) is 118 cm³/mol. The van der Waals surface area contributed by atoms with Crippen LogP contribution in [0.4, 0.5) is 11.8 Å². The highest BCUT2D eigenvalue weighted by molar-refractivity contribution is 6.34. The number of nitrogens with one attached hydrogen (secondary N) is 1. The Morgan fingerprint density at radius 3 is 2.90 bits per heavy atom. The second-order valence-corrected chi connectivity index (χ2v) is 7.45. The maximum Gasteiger partial charge on any atom is 0.223 e. The van der Waals surface area contributed by atoms with Crippen LogP contribution >= 0.6 is 11.6 Å². The van der Waals surface area contributed by atoms with Crippen LogP contribution in [0.3, 0.4) is 0 Å². The monoisotopic (exact) mass is 430 g/mol. The summed E-state index contributed by atoms with van der Waals surface area (Å²) in [5.74, 6) is 0.698. The molecule has 1 saturated heterocycles. The summed E-state index contributed by atoms with van der Waals surface area (Å²) in [4.78, 5) is 27.6. The molecule has 0 bridgehead atoms. The first-order valence-electron chi connectivity index (χ1n) is 10.1. The molecule has 0 radical (unpaired) electrons. The number of methoxy groups -OCH3 is 1. The van der Waals surface area contributed by atoms with Crippen LogP contribution in [0.5, 0.6) is 5.75 Å². The standard InChI is InChI=1S/C21H27ClN6O2/c1-30-16-8-9-24-15(13-16)14-25-20-18(19(22)26-21(23)27-20)17(29)7-3-6-12-28-10-4-2-5-11-28/h3,7-9,13H,2,4-6,10-12,14H2,1H3,(H3,23,25,26,27)/b7-3+. The minimum atomic E-state index is -0.264. The number of ketones is 1. The topological polar surface area (TPSA) is 106 Å². The number of halogens is 1. The van der Waals surface area contributed by atoms with Crippen LogP contribution in [0.25, 0.3) is 0 Å². The number of likely N-dealkylation sites (tertiary alicyclic amines) is 1. The quantitative estimate of drug-likeness (QED) is 0.354. The van der Waals surface area contributed by atoms with Gasteiger partial charge in [-0.2, -0.15) is 4.98 Å². The van der Waals surface area contributed by atoms with Gasteiger partial charge in [0.2, 0.25) is 5.95 Å². The first-order chi connectivity index (χ1) is 14.6. The molecule has 0 aromatic carbocycles.